The summed E-state index contributed by atoms with van der Waals surface area (Å²) in [7, 11) is 0. The van der Waals surface area contributed by atoms with Crippen LogP contribution in [0.15, 0.2) is 70.5 Å². The minimum Gasteiger partial charge on any atom is -0.451 e. The van der Waals surface area contributed by atoms with Gasteiger partial charge in [0, 0.05) is 15.8 Å². The van der Waals surface area contributed by atoms with Crippen molar-refractivity contribution in [2.45, 2.75) is 13.0 Å². The van der Waals surface area contributed by atoms with Gasteiger partial charge in [0.05, 0.1) is 6.04 Å². The molecule has 4 aromatic rings. The number of thiophene rings is 1. The van der Waals surface area contributed by atoms with Crippen LogP contribution in [0.1, 0.15) is 32.6 Å². The van der Waals surface area contributed by atoms with Gasteiger partial charge in [-0.05, 0) is 42.1 Å². The van der Waals surface area contributed by atoms with Gasteiger partial charge in [-0.25, -0.2) is 14.6 Å². The standard InChI is InChI=1S/C22H18FN3O3S/c1-13-16-5-2-3-6-17(16)29-20(13)21(27)25-26-22(28)24-19(18-7-4-12-30-18)14-8-10-15(23)11-9-14/h2-12,19H,1H3,(H,25,27)(H2,24,26,28). The summed E-state index contributed by atoms with van der Waals surface area (Å²) in [6, 6.07) is 15.8. The number of aryl methyl sites for hydroxylation is 1. The van der Waals surface area contributed by atoms with Gasteiger partial charge in [-0.1, -0.05) is 36.4 Å². The largest absolute Gasteiger partial charge is 0.451 e. The molecule has 0 aliphatic carbocycles. The zero-order chi connectivity index (χ0) is 21.1. The van der Waals surface area contributed by atoms with Gasteiger partial charge < -0.3 is 9.73 Å². The number of hydrazine groups is 1. The summed E-state index contributed by atoms with van der Waals surface area (Å²) < 4.78 is 18.9. The number of carbonyl (C=O) groups is 2. The molecule has 2 aromatic heterocycles. The monoisotopic (exact) mass is 423 g/mol. The lowest BCUT2D eigenvalue weighted by molar-refractivity contribution is 0.0909. The van der Waals surface area contributed by atoms with E-state index in [-0.39, 0.29) is 11.6 Å². The molecule has 3 N–H and O–H groups in total. The van der Waals surface area contributed by atoms with Crippen molar-refractivity contribution in [3.05, 3.63) is 93.6 Å². The minimum absolute atomic E-state index is 0.129. The van der Waals surface area contributed by atoms with E-state index in [1.165, 1.54) is 23.5 Å². The Morgan fingerprint density at radius 2 is 1.77 bits per heavy atom. The Kier molecular flexibility index (Phi) is 5.49. The van der Waals surface area contributed by atoms with E-state index in [2.05, 4.69) is 16.2 Å². The van der Waals surface area contributed by atoms with Crippen molar-refractivity contribution in [3.63, 3.8) is 0 Å². The molecule has 1 atom stereocenters. The minimum atomic E-state index is -0.611. The highest BCUT2D eigenvalue weighted by molar-refractivity contribution is 7.10. The Bertz CT molecular complexity index is 1190. The maximum Gasteiger partial charge on any atom is 0.334 e. The lowest BCUT2D eigenvalue weighted by Gasteiger charge is -2.18. The number of hydrogen-bond acceptors (Lipinski definition) is 4. The third-order valence-corrected chi connectivity index (χ3v) is 5.58. The van der Waals surface area contributed by atoms with Gasteiger partial charge in [0.15, 0.2) is 5.76 Å². The van der Waals surface area contributed by atoms with Gasteiger partial charge in [-0.15, -0.1) is 11.3 Å². The van der Waals surface area contributed by atoms with Crippen molar-refractivity contribution in [1.82, 2.24) is 16.2 Å². The summed E-state index contributed by atoms with van der Waals surface area (Å²) in [4.78, 5) is 25.8. The third-order valence-electron chi connectivity index (χ3n) is 4.65. The summed E-state index contributed by atoms with van der Waals surface area (Å²) in [5, 5.41) is 5.52. The van der Waals surface area contributed by atoms with Gasteiger partial charge >= 0.3 is 11.9 Å². The number of rotatable bonds is 4. The molecule has 0 radical (unpaired) electrons. The molecule has 0 aliphatic heterocycles. The predicted octanol–water partition coefficient (Wildman–Crippen LogP) is 4.68. The molecule has 2 heterocycles. The summed E-state index contributed by atoms with van der Waals surface area (Å²) in [5.41, 5.74) is 6.71. The molecule has 0 aliphatic rings. The predicted molar refractivity (Wildman–Crippen MR) is 113 cm³/mol. The average molecular weight is 423 g/mol. The van der Waals surface area contributed by atoms with Crippen molar-refractivity contribution in [2.75, 3.05) is 0 Å². The number of furan rings is 1. The van der Waals surface area contributed by atoms with Crippen LogP contribution in [0.2, 0.25) is 0 Å². The van der Waals surface area contributed by atoms with E-state index < -0.39 is 18.0 Å². The van der Waals surface area contributed by atoms with E-state index >= 15 is 0 Å². The van der Waals surface area contributed by atoms with Crippen LogP contribution in [0.25, 0.3) is 11.0 Å². The lowest BCUT2D eigenvalue weighted by atomic mass is 10.1. The molecular weight excluding hydrogens is 405 g/mol. The summed E-state index contributed by atoms with van der Waals surface area (Å²) in [6.45, 7) is 1.78. The maximum absolute atomic E-state index is 13.3. The fourth-order valence-corrected chi connectivity index (χ4v) is 3.96. The number of benzene rings is 2. The van der Waals surface area contributed by atoms with Crippen molar-refractivity contribution < 1.29 is 18.4 Å². The van der Waals surface area contributed by atoms with Crippen LogP contribution in [0, 0.1) is 12.7 Å². The molecular formula is C22H18FN3O3S. The number of amides is 3. The van der Waals surface area contributed by atoms with Crippen LogP contribution in [0.4, 0.5) is 9.18 Å². The first-order chi connectivity index (χ1) is 14.5. The summed E-state index contributed by atoms with van der Waals surface area (Å²) in [5.74, 6) is -0.792. The van der Waals surface area contributed by atoms with Gasteiger partial charge in [0.2, 0.25) is 0 Å². The lowest BCUT2D eigenvalue weighted by Crippen LogP contribution is -2.48. The zero-order valence-corrected chi connectivity index (χ0v) is 16.8. The molecule has 8 heteroatoms. The van der Waals surface area contributed by atoms with Gasteiger partial charge in [0.25, 0.3) is 0 Å². The number of fused-ring (bicyclic) bond motifs is 1. The second-order valence-electron chi connectivity index (χ2n) is 6.60. The van der Waals surface area contributed by atoms with Crippen LogP contribution < -0.4 is 16.2 Å². The van der Waals surface area contributed by atoms with Crippen LogP contribution in [-0.4, -0.2) is 11.9 Å². The number of carbonyl (C=O) groups excluding carboxylic acids is 2. The van der Waals surface area contributed by atoms with E-state index in [9.17, 15) is 14.0 Å². The molecule has 0 spiro atoms. The average Bonchev–Trinajstić information content (AvgIpc) is 3.40. The number of urea groups is 1. The SMILES string of the molecule is Cc1c(C(=O)NNC(=O)NC(c2ccc(F)cc2)c2cccs2)oc2ccccc12. The molecule has 0 bridgehead atoms. The number of nitrogens with one attached hydrogen (secondary N) is 3. The van der Waals surface area contributed by atoms with Gasteiger partial charge in [-0.2, -0.15) is 0 Å². The molecule has 4 rings (SSSR count). The third kappa shape index (κ3) is 4.04. The van der Waals surface area contributed by atoms with Crippen LogP contribution >= 0.6 is 11.3 Å². The number of halogens is 1. The normalized spacial score (nSPS) is 11.8. The maximum atomic E-state index is 13.3. The van der Waals surface area contributed by atoms with Crippen molar-refractivity contribution in [2.24, 2.45) is 0 Å². The first-order valence-corrected chi connectivity index (χ1v) is 10.0. The molecule has 3 amide bonds. The molecule has 152 valence electrons. The smallest absolute Gasteiger partial charge is 0.334 e. The molecule has 2 aromatic carbocycles. The Morgan fingerprint density at radius 3 is 2.47 bits per heavy atom. The van der Waals surface area contributed by atoms with Crippen molar-refractivity contribution in [1.29, 1.82) is 0 Å². The highest BCUT2D eigenvalue weighted by atomic mass is 32.1. The molecule has 30 heavy (non-hydrogen) atoms. The second kappa shape index (κ2) is 8.38. The Hall–Kier alpha value is -3.65. The Labute approximate surface area is 175 Å². The fraction of sp³-hybridized carbons (Fsp3) is 0.0909. The number of hydrogen-bond donors (Lipinski definition) is 3. The van der Waals surface area contributed by atoms with Crippen LogP contribution in [-0.2, 0) is 0 Å². The molecule has 6 nitrogen and oxygen atoms in total. The first kappa shape index (κ1) is 19.7. The van der Waals surface area contributed by atoms with Crippen molar-refractivity contribution in [3.8, 4) is 0 Å². The Morgan fingerprint density at radius 1 is 1.00 bits per heavy atom. The zero-order valence-electron chi connectivity index (χ0n) is 15.9. The van der Waals surface area contributed by atoms with Crippen LogP contribution in [0.5, 0.6) is 0 Å². The van der Waals surface area contributed by atoms with Crippen molar-refractivity contribution >= 4 is 34.2 Å². The van der Waals surface area contributed by atoms with Gasteiger partial charge in [-0.3, -0.25) is 10.2 Å². The molecule has 0 saturated carbocycles. The molecule has 0 fully saturated rings. The molecule has 0 saturated heterocycles. The van der Waals surface area contributed by atoms with Gasteiger partial charge in [0.1, 0.15) is 11.4 Å². The second-order valence-corrected chi connectivity index (χ2v) is 7.58. The number of para-hydroxylation sites is 1. The fourth-order valence-electron chi connectivity index (χ4n) is 3.16. The first-order valence-electron chi connectivity index (χ1n) is 9.17. The van der Waals surface area contributed by atoms with E-state index in [1.807, 2.05) is 35.7 Å². The van der Waals surface area contributed by atoms with E-state index in [4.69, 9.17) is 4.42 Å². The summed E-state index contributed by atoms with van der Waals surface area (Å²) in [6.07, 6.45) is 0. The van der Waals surface area contributed by atoms with E-state index in [0.29, 0.717) is 16.7 Å². The van der Waals surface area contributed by atoms with Crippen LogP contribution in [0.3, 0.4) is 0 Å². The quantitative estimate of drug-likeness (QED) is 0.417. The highest BCUT2D eigenvalue weighted by Gasteiger charge is 2.20. The molecule has 1 unspecified atom stereocenters. The topological polar surface area (TPSA) is 83.4 Å². The van der Waals surface area contributed by atoms with E-state index in [0.717, 1.165) is 10.3 Å². The van der Waals surface area contributed by atoms with E-state index in [1.54, 1.807) is 25.1 Å². The highest BCUT2D eigenvalue weighted by Crippen LogP contribution is 2.26. The summed E-state index contributed by atoms with van der Waals surface area (Å²) >= 11 is 1.46. The Balaban J connectivity index is 1.45.